The van der Waals surface area contributed by atoms with Gasteiger partial charge in [0.15, 0.2) is 4.90 Å². The normalized spacial score (nSPS) is 16.3. The van der Waals surface area contributed by atoms with Crippen molar-refractivity contribution in [2.24, 2.45) is 5.84 Å². The molecular formula is C12H18N4O4S. The van der Waals surface area contributed by atoms with Crippen LogP contribution in [-0.4, -0.2) is 30.7 Å². The van der Waals surface area contributed by atoms with Crippen molar-refractivity contribution in [3.8, 4) is 0 Å². The van der Waals surface area contributed by atoms with Gasteiger partial charge in [0.05, 0.1) is 10.6 Å². The van der Waals surface area contributed by atoms with E-state index in [0.29, 0.717) is 0 Å². The standard InChI is InChI=1S/C12H18N4O4S/c1-15(10-4-2-3-5-10)21(19,20)12-7-6-9(14-13)8-11(12)16(17)18/h6-8,10,14H,2-5,13H2,1H3. The van der Waals surface area contributed by atoms with Crippen LogP contribution in [0.3, 0.4) is 0 Å². The largest absolute Gasteiger partial charge is 0.324 e. The lowest BCUT2D eigenvalue weighted by Crippen LogP contribution is -2.35. The van der Waals surface area contributed by atoms with Gasteiger partial charge in [0.2, 0.25) is 10.0 Å². The van der Waals surface area contributed by atoms with Crippen LogP contribution in [0.2, 0.25) is 0 Å². The summed E-state index contributed by atoms with van der Waals surface area (Å²) in [6, 6.07) is 3.65. The molecule has 0 atom stereocenters. The van der Waals surface area contributed by atoms with Crippen molar-refractivity contribution < 1.29 is 13.3 Å². The second-order valence-corrected chi connectivity index (χ2v) is 7.01. The Morgan fingerprint density at radius 3 is 2.52 bits per heavy atom. The Kier molecular flexibility index (Phi) is 4.45. The first-order chi connectivity index (χ1) is 9.87. The van der Waals surface area contributed by atoms with Crippen LogP contribution in [0.25, 0.3) is 0 Å². The van der Waals surface area contributed by atoms with Crippen LogP contribution in [0.15, 0.2) is 23.1 Å². The Morgan fingerprint density at radius 2 is 2.00 bits per heavy atom. The van der Waals surface area contributed by atoms with Gasteiger partial charge in [-0.3, -0.25) is 16.0 Å². The van der Waals surface area contributed by atoms with Gasteiger partial charge in [-0.2, -0.15) is 4.31 Å². The number of benzene rings is 1. The van der Waals surface area contributed by atoms with E-state index in [9.17, 15) is 18.5 Å². The third-order valence-electron chi connectivity index (χ3n) is 3.82. The lowest BCUT2D eigenvalue weighted by molar-refractivity contribution is -0.387. The van der Waals surface area contributed by atoms with E-state index in [-0.39, 0.29) is 16.6 Å². The van der Waals surface area contributed by atoms with E-state index in [2.05, 4.69) is 5.43 Å². The molecule has 0 spiro atoms. The average Bonchev–Trinajstić information content (AvgIpc) is 2.99. The molecule has 8 nitrogen and oxygen atoms in total. The fourth-order valence-electron chi connectivity index (χ4n) is 2.59. The van der Waals surface area contributed by atoms with Crippen molar-refractivity contribution >= 4 is 21.4 Å². The number of nitrogens with one attached hydrogen (secondary N) is 1. The Hall–Kier alpha value is -1.71. The van der Waals surface area contributed by atoms with E-state index in [1.54, 1.807) is 0 Å². The van der Waals surface area contributed by atoms with Crippen molar-refractivity contribution in [2.45, 2.75) is 36.6 Å². The summed E-state index contributed by atoms with van der Waals surface area (Å²) in [4.78, 5) is 10.1. The van der Waals surface area contributed by atoms with Gasteiger partial charge in [0, 0.05) is 19.2 Å². The molecule has 1 fully saturated rings. The molecule has 1 aromatic carbocycles. The van der Waals surface area contributed by atoms with Crippen LogP contribution >= 0.6 is 0 Å². The van der Waals surface area contributed by atoms with Crippen molar-refractivity contribution in [3.63, 3.8) is 0 Å². The van der Waals surface area contributed by atoms with Crippen molar-refractivity contribution in [3.05, 3.63) is 28.3 Å². The van der Waals surface area contributed by atoms with Crippen LogP contribution in [0.5, 0.6) is 0 Å². The summed E-state index contributed by atoms with van der Waals surface area (Å²) in [7, 11) is -2.42. The van der Waals surface area contributed by atoms with Crippen LogP contribution in [0.4, 0.5) is 11.4 Å². The summed E-state index contributed by atoms with van der Waals surface area (Å²) < 4.78 is 26.5. The molecule has 1 aliphatic carbocycles. The van der Waals surface area contributed by atoms with Gasteiger partial charge in [-0.15, -0.1) is 0 Å². The molecule has 0 aromatic heterocycles. The average molecular weight is 314 g/mol. The highest BCUT2D eigenvalue weighted by atomic mass is 32.2. The molecular weight excluding hydrogens is 296 g/mol. The number of rotatable bonds is 5. The summed E-state index contributed by atoms with van der Waals surface area (Å²) in [5.74, 6) is 5.20. The van der Waals surface area contributed by atoms with Gasteiger partial charge in [0.25, 0.3) is 5.69 Å². The van der Waals surface area contributed by atoms with Gasteiger partial charge >= 0.3 is 0 Å². The molecule has 0 amide bonds. The predicted molar refractivity (Wildman–Crippen MR) is 78.1 cm³/mol. The summed E-state index contributed by atoms with van der Waals surface area (Å²) in [6.07, 6.45) is 3.52. The Bertz CT molecular complexity index is 641. The molecule has 1 saturated carbocycles. The number of nitrogen functional groups attached to an aromatic ring is 1. The number of hydrogen-bond acceptors (Lipinski definition) is 6. The zero-order valence-electron chi connectivity index (χ0n) is 11.7. The molecule has 1 aliphatic rings. The summed E-state index contributed by atoms with van der Waals surface area (Å²) in [5.41, 5.74) is 2.08. The Morgan fingerprint density at radius 1 is 1.38 bits per heavy atom. The molecule has 0 radical (unpaired) electrons. The molecule has 21 heavy (non-hydrogen) atoms. The van der Waals surface area contributed by atoms with Crippen LogP contribution < -0.4 is 11.3 Å². The minimum Gasteiger partial charge on any atom is -0.324 e. The summed E-state index contributed by atoms with van der Waals surface area (Å²) in [6.45, 7) is 0. The zero-order valence-corrected chi connectivity index (χ0v) is 12.5. The number of anilines is 1. The fraction of sp³-hybridized carbons (Fsp3) is 0.500. The van der Waals surface area contributed by atoms with Crippen LogP contribution in [-0.2, 0) is 10.0 Å². The highest BCUT2D eigenvalue weighted by molar-refractivity contribution is 7.89. The fourth-order valence-corrected chi connectivity index (χ4v) is 4.14. The third kappa shape index (κ3) is 2.99. The molecule has 0 aliphatic heterocycles. The Balaban J connectivity index is 2.46. The zero-order chi connectivity index (χ0) is 15.6. The smallest absolute Gasteiger partial charge is 0.291 e. The van der Waals surface area contributed by atoms with Crippen LogP contribution in [0, 0.1) is 10.1 Å². The third-order valence-corrected chi connectivity index (χ3v) is 5.78. The SMILES string of the molecule is CN(C1CCCC1)S(=O)(=O)c1ccc(NN)cc1[N+](=O)[O-]. The van der Waals surface area contributed by atoms with Gasteiger partial charge in [-0.1, -0.05) is 12.8 Å². The van der Waals surface area contributed by atoms with E-state index in [4.69, 9.17) is 5.84 Å². The summed E-state index contributed by atoms with van der Waals surface area (Å²) >= 11 is 0. The second-order valence-electron chi connectivity index (χ2n) is 5.04. The maximum atomic E-state index is 12.6. The van der Waals surface area contributed by atoms with Gasteiger partial charge in [-0.25, -0.2) is 8.42 Å². The molecule has 0 unspecified atom stereocenters. The number of nitro benzene ring substituents is 1. The molecule has 0 saturated heterocycles. The maximum Gasteiger partial charge on any atom is 0.291 e. The first-order valence-electron chi connectivity index (χ1n) is 6.61. The van der Waals surface area contributed by atoms with Crippen molar-refractivity contribution in [1.82, 2.24) is 4.31 Å². The number of nitro groups is 1. The quantitative estimate of drug-likeness (QED) is 0.482. The lowest BCUT2D eigenvalue weighted by Gasteiger charge is -2.23. The molecule has 2 rings (SSSR count). The first-order valence-corrected chi connectivity index (χ1v) is 8.05. The van der Waals surface area contributed by atoms with E-state index < -0.39 is 20.6 Å². The molecule has 9 heteroatoms. The molecule has 3 N–H and O–H groups in total. The van der Waals surface area contributed by atoms with E-state index >= 15 is 0 Å². The second kappa shape index (κ2) is 5.96. The predicted octanol–water partition coefficient (Wildman–Crippen LogP) is 1.44. The number of sulfonamides is 1. The number of hydrazine groups is 1. The van der Waals surface area contributed by atoms with Gasteiger partial charge in [-0.05, 0) is 25.0 Å². The Labute approximate surface area is 123 Å². The van der Waals surface area contributed by atoms with Gasteiger partial charge < -0.3 is 5.43 Å². The highest BCUT2D eigenvalue weighted by Crippen LogP contribution is 2.32. The minimum absolute atomic E-state index is 0.0954. The first kappa shape index (κ1) is 15.7. The number of nitrogens with two attached hydrogens (primary N) is 1. The minimum atomic E-state index is -3.90. The van der Waals surface area contributed by atoms with E-state index in [0.717, 1.165) is 31.7 Å². The summed E-state index contributed by atoms with van der Waals surface area (Å²) in [5, 5.41) is 11.1. The molecule has 116 valence electrons. The van der Waals surface area contributed by atoms with E-state index in [1.807, 2.05) is 0 Å². The van der Waals surface area contributed by atoms with Crippen molar-refractivity contribution in [1.29, 1.82) is 0 Å². The highest BCUT2D eigenvalue weighted by Gasteiger charge is 2.34. The topological polar surface area (TPSA) is 119 Å². The van der Waals surface area contributed by atoms with Crippen molar-refractivity contribution in [2.75, 3.05) is 12.5 Å². The lowest BCUT2D eigenvalue weighted by atomic mass is 10.3. The molecule has 1 aromatic rings. The molecule has 0 heterocycles. The van der Waals surface area contributed by atoms with Gasteiger partial charge in [0.1, 0.15) is 0 Å². The van der Waals surface area contributed by atoms with E-state index in [1.165, 1.54) is 23.5 Å². The number of nitrogens with zero attached hydrogens (tertiary/aromatic N) is 2. The monoisotopic (exact) mass is 314 g/mol. The molecule has 0 bridgehead atoms. The maximum absolute atomic E-state index is 12.6. The van der Waals surface area contributed by atoms with Crippen LogP contribution in [0.1, 0.15) is 25.7 Å². The number of hydrogen-bond donors (Lipinski definition) is 2.